The summed E-state index contributed by atoms with van der Waals surface area (Å²) < 4.78 is 0. The van der Waals surface area contributed by atoms with Crippen LogP contribution in [0.15, 0.2) is 140 Å². The van der Waals surface area contributed by atoms with E-state index in [0.29, 0.717) is 6.54 Å². The number of unbranched alkanes of at least 4 members (excludes halogenated alkanes) is 1. The van der Waals surface area contributed by atoms with E-state index in [-0.39, 0.29) is 0 Å². The minimum atomic E-state index is 0.540. The van der Waals surface area contributed by atoms with Crippen molar-refractivity contribution >= 4 is 64.2 Å². The number of hydrazone groups is 1. The van der Waals surface area contributed by atoms with Gasteiger partial charge in [-0.15, -0.1) is 0 Å². The summed E-state index contributed by atoms with van der Waals surface area (Å²) in [5, 5.41) is 10.4. The van der Waals surface area contributed by atoms with E-state index < -0.39 is 0 Å². The van der Waals surface area contributed by atoms with Crippen LogP contribution in [0.5, 0.6) is 0 Å². The molecule has 0 bridgehead atoms. The SMILES string of the molecule is C/C=C\CCC.C=C/C=N\NCc1cc(-c2ccc3c(c2)/C=C\C/C=C\C=C/C3=C)c(NC)c2c1/C=C/c1cc3ccccc3c(C=C)c1C(=C\C)/C(C)=C/2. The molecule has 55 heavy (non-hydrogen) atoms. The standard InChI is InChI=1S/C46H43N3.C6H12/c1-7-25-48-49-30-37-29-43(35-21-23-40-31(4)17-13-11-10-12-14-18-33(40)27-35)46(47-6)44-26-32(5)38(8-2)45-36(22-24-42(37)44)28-34-19-15-16-20-41(34)39(45)9-3;1-3-5-6-4-2/h7-11,13-29,47,49H,1,3-4,12,30H2,2,5-6H3;3,5H,4,6H2,1-2H3/b11-10-,17-13-,18-14-,24-22+,32-26+,38-8-,48-25-;5-3-. The van der Waals surface area contributed by atoms with Crippen molar-refractivity contribution in [3.05, 3.63) is 179 Å². The summed E-state index contributed by atoms with van der Waals surface area (Å²) >= 11 is 0. The highest BCUT2D eigenvalue weighted by atomic mass is 15.3. The van der Waals surface area contributed by atoms with Crippen LogP contribution in [-0.2, 0) is 6.54 Å². The van der Waals surface area contributed by atoms with E-state index in [4.69, 9.17) is 0 Å². The third kappa shape index (κ3) is 9.31. The minimum absolute atomic E-state index is 0.540. The van der Waals surface area contributed by atoms with Gasteiger partial charge in [-0.3, -0.25) is 0 Å². The summed E-state index contributed by atoms with van der Waals surface area (Å²) in [7, 11) is 2.01. The molecule has 0 radical (unpaired) electrons. The first-order chi connectivity index (χ1) is 26.9. The molecule has 4 aromatic carbocycles. The molecule has 0 atom stereocenters. The van der Waals surface area contributed by atoms with E-state index in [1.165, 1.54) is 40.3 Å². The summed E-state index contributed by atoms with van der Waals surface area (Å²) in [6.07, 6.45) is 34.8. The fraction of sp³-hybridized carbons (Fsp3) is 0.173. The van der Waals surface area contributed by atoms with Gasteiger partial charge in [0.1, 0.15) is 0 Å². The third-order valence-corrected chi connectivity index (χ3v) is 9.90. The van der Waals surface area contributed by atoms with Gasteiger partial charge in [0.15, 0.2) is 0 Å². The smallest absolute Gasteiger partial charge is 0.0586 e. The molecule has 6 rings (SSSR count). The molecule has 0 aliphatic heterocycles. The molecule has 3 heteroatoms. The van der Waals surface area contributed by atoms with Gasteiger partial charge >= 0.3 is 0 Å². The number of nitrogens with zero attached hydrogens (tertiary/aromatic N) is 1. The molecule has 0 saturated carbocycles. The van der Waals surface area contributed by atoms with Crippen LogP contribution < -0.4 is 10.7 Å². The molecule has 0 fully saturated rings. The van der Waals surface area contributed by atoms with Crippen LogP contribution in [-0.4, -0.2) is 13.3 Å². The Morgan fingerprint density at radius 2 is 1.71 bits per heavy atom. The Morgan fingerprint density at radius 3 is 2.44 bits per heavy atom. The maximum atomic E-state index is 4.38. The summed E-state index contributed by atoms with van der Waals surface area (Å²) in [5.74, 6) is 0. The molecule has 2 aliphatic carbocycles. The monoisotopic (exact) mass is 721 g/mol. The van der Waals surface area contributed by atoms with Gasteiger partial charge in [0, 0.05) is 30.1 Å². The fourth-order valence-electron chi connectivity index (χ4n) is 7.27. The molecule has 3 nitrogen and oxygen atoms in total. The van der Waals surface area contributed by atoms with Gasteiger partial charge in [-0.1, -0.05) is 142 Å². The first kappa shape index (κ1) is 40.0. The number of hydrogen-bond acceptors (Lipinski definition) is 3. The van der Waals surface area contributed by atoms with Crippen molar-refractivity contribution in [2.75, 3.05) is 12.4 Å². The maximum Gasteiger partial charge on any atom is 0.0586 e. The van der Waals surface area contributed by atoms with Crippen LogP contribution in [0.2, 0.25) is 0 Å². The fourth-order valence-corrected chi connectivity index (χ4v) is 7.27. The lowest BCUT2D eigenvalue weighted by molar-refractivity contribution is 0.747. The van der Waals surface area contributed by atoms with Crippen LogP contribution in [0.3, 0.4) is 0 Å². The van der Waals surface area contributed by atoms with E-state index in [1.807, 2.05) is 13.1 Å². The van der Waals surface area contributed by atoms with Gasteiger partial charge in [-0.2, -0.15) is 5.10 Å². The zero-order valence-electron chi connectivity index (χ0n) is 33.3. The Balaban J connectivity index is 0.000000895. The van der Waals surface area contributed by atoms with Gasteiger partial charge in [-0.25, -0.2) is 0 Å². The quantitative estimate of drug-likeness (QED) is 0.103. The van der Waals surface area contributed by atoms with Gasteiger partial charge in [0.2, 0.25) is 0 Å². The molecule has 0 amide bonds. The minimum Gasteiger partial charge on any atom is -0.387 e. The molecule has 4 aromatic rings. The summed E-state index contributed by atoms with van der Waals surface area (Å²) in [5.41, 5.74) is 19.1. The summed E-state index contributed by atoms with van der Waals surface area (Å²) in [4.78, 5) is 0. The van der Waals surface area contributed by atoms with Gasteiger partial charge in [0.25, 0.3) is 0 Å². The predicted octanol–water partition coefficient (Wildman–Crippen LogP) is 14.3. The van der Waals surface area contributed by atoms with Crippen molar-refractivity contribution in [3.63, 3.8) is 0 Å². The predicted molar refractivity (Wildman–Crippen MR) is 248 cm³/mol. The zero-order chi connectivity index (χ0) is 39.2. The highest BCUT2D eigenvalue weighted by Gasteiger charge is 2.21. The molecular weight excluding hydrogens is 667 g/mol. The first-order valence-corrected chi connectivity index (χ1v) is 19.3. The van der Waals surface area contributed by atoms with Crippen molar-refractivity contribution in [1.29, 1.82) is 0 Å². The van der Waals surface area contributed by atoms with Crippen molar-refractivity contribution in [1.82, 2.24) is 5.43 Å². The zero-order valence-corrected chi connectivity index (χ0v) is 33.3. The Hall–Kier alpha value is -6.19. The van der Waals surface area contributed by atoms with E-state index in [1.54, 1.807) is 12.3 Å². The second-order valence-corrected chi connectivity index (χ2v) is 13.5. The Labute approximate surface area is 329 Å². The second-order valence-electron chi connectivity index (χ2n) is 13.5. The van der Waals surface area contributed by atoms with E-state index in [9.17, 15) is 0 Å². The first-order valence-electron chi connectivity index (χ1n) is 19.3. The topological polar surface area (TPSA) is 36.4 Å². The van der Waals surface area contributed by atoms with Crippen LogP contribution in [0.1, 0.15) is 91.5 Å². The third-order valence-electron chi connectivity index (χ3n) is 9.90. The second kappa shape index (κ2) is 19.8. The Morgan fingerprint density at radius 1 is 0.873 bits per heavy atom. The number of fused-ring (bicyclic) bond motifs is 4. The molecule has 2 aliphatic rings. The molecule has 278 valence electrons. The van der Waals surface area contributed by atoms with Crippen LogP contribution in [0.4, 0.5) is 5.69 Å². The number of allylic oxidation sites excluding steroid dienone is 12. The number of anilines is 1. The molecule has 0 aromatic heterocycles. The number of hydrogen-bond donors (Lipinski definition) is 2. The number of rotatable bonds is 9. The van der Waals surface area contributed by atoms with Crippen LogP contribution in [0.25, 0.3) is 63.4 Å². The van der Waals surface area contributed by atoms with Gasteiger partial charge in [0.05, 0.1) is 6.54 Å². The van der Waals surface area contributed by atoms with Crippen molar-refractivity contribution < 1.29 is 0 Å². The van der Waals surface area contributed by atoms with Crippen molar-refractivity contribution in [2.24, 2.45) is 5.10 Å². The maximum absolute atomic E-state index is 4.38. The van der Waals surface area contributed by atoms with E-state index in [2.05, 4.69) is 191 Å². The van der Waals surface area contributed by atoms with E-state index >= 15 is 0 Å². The lowest BCUT2D eigenvalue weighted by Gasteiger charge is -2.21. The van der Waals surface area contributed by atoms with Crippen LogP contribution >= 0.6 is 0 Å². The van der Waals surface area contributed by atoms with Crippen LogP contribution in [0, 0.1) is 0 Å². The highest BCUT2D eigenvalue weighted by molar-refractivity contribution is 6.05. The summed E-state index contributed by atoms with van der Waals surface area (Å²) in [6.45, 7) is 21.5. The van der Waals surface area contributed by atoms with Gasteiger partial charge in [-0.05, 0) is 136 Å². The lowest BCUT2D eigenvalue weighted by atomic mass is 9.86. The Kier molecular flexibility index (Phi) is 14.4. The molecule has 0 spiro atoms. The normalized spacial score (nSPS) is 17.6. The lowest BCUT2D eigenvalue weighted by Crippen LogP contribution is -2.09. The van der Waals surface area contributed by atoms with Crippen molar-refractivity contribution in [3.8, 4) is 11.1 Å². The molecule has 2 N–H and O–H groups in total. The van der Waals surface area contributed by atoms with E-state index in [0.717, 1.165) is 67.8 Å². The average molecular weight is 722 g/mol. The number of nitrogens with one attached hydrogen (secondary N) is 2. The largest absolute Gasteiger partial charge is 0.387 e. The molecular formula is C52H55N3. The molecule has 0 heterocycles. The Bertz CT molecular complexity index is 2310. The van der Waals surface area contributed by atoms with Gasteiger partial charge < -0.3 is 10.7 Å². The number of benzene rings is 4. The molecule has 0 unspecified atom stereocenters. The highest BCUT2D eigenvalue weighted by Crippen LogP contribution is 2.43. The molecule has 0 saturated heterocycles. The summed E-state index contributed by atoms with van der Waals surface area (Å²) in [6, 6.07) is 19.8. The van der Waals surface area contributed by atoms with Crippen molar-refractivity contribution in [2.45, 2.75) is 53.5 Å². The average Bonchev–Trinajstić information content (AvgIpc) is 3.26.